The Balaban J connectivity index is 1.77. The van der Waals surface area contributed by atoms with E-state index >= 15 is 0 Å². The predicted molar refractivity (Wildman–Crippen MR) is 60.6 cm³/mol. The molecule has 5 heteroatoms. The van der Waals surface area contributed by atoms with E-state index in [1.807, 2.05) is 0 Å². The minimum atomic E-state index is -0.754. The van der Waals surface area contributed by atoms with E-state index in [9.17, 15) is 4.79 Å². The van der Waals surface area contributed by atoms with Crippen LogP contribution < -0.4 is 0 Å². The molecule has 1 atom stereocenters. The van der Waals surface area contributed by atoms with Crippen molar-refractivity contribution >= 4 is 5.97 Å². The third kappa shape index (κ3) is 3.05. The Bertz CT molecular complexity index is 412. The van der Waals surface area contributed by atoms with Gasteiger partial charge in [-0.3, -0.25) is 4.79 Å². The number of hydrogen-bond donors (Lipinski definition) is 1. The summed E-state index contributed by atoms with van der Waals surface area (Å²) in [6.07, 6.45) is 3.42. The molecule has 1 aromatic heterocycles. The van der Waals surface area contributed by atoms with Gasteiger partial charge in [-0.2, -0.15) is 0 Å². The Morgan fingerprint density at radius 2 is 2.18 bits per heavy atom. The largest absolute Gasteiger partial charge is 0.481 e. The van der Waals surface area contributed by atoms with Crippen LogP contribution in [0.25, 0.3) is 0 Å². The molecule has 1 saturated carbocycles. The summed E-state index contributed by atoms with van der Waals surface area (Å²) in [5, 5.41) is 16.6. The van der Waals surface area contributed by atoms with E-state index in [0.29, 0.717) is 30.1 Å². The van der Waals surface area contributed by atoms with Gasteiger partial charge in [-0.25, -0.2) is 0 Å². The van der Waals surface area contributed by atoms with E-state index in [1.165, 1.54) is 0 Å². The van der Waals surface area contributed by atoms with Gasteiger partial charge in [0.05, 0.1) is 0 Å². The molecule has 0 amide bonds. The molecule has 2 rings (SSSR count). The molecular weight excluding hydrogens is 220 g/mol. The van der Waals surface area contributed by atoms with Gasteiger partial charge >= 0.3 is 5.97 Å². The summed E-state index contributed by atoms with van der Waals surface area (Å²) >= 11 is 0. The lowest BCUT2D eigenvalue weighted by Gasteiger charge is -1.97. The molecule has 94 valence electrons. The van der Waals surface area contributed by atoms with E-state index < -0.39 is 5.97 Å². The fraction of sp³-hybridized carbons (Fsp3) is 0.750. The standard InChI is InChI=1S/C12H18N2O3/c1-12(2)7-8(12)11-14-13-9(17-11)5-3-4-6-10(15)16/h8H,3-7H2,1-2H3,(H,15,16). The number of hydrogen-bond acceptors (Lipinski definition) is 4. The Labute approximate surface area is 100 Å². The van der Waals surface area contributed by atoms with E-state index in [1.54, 1.807) is 0 Å². The van der Waals surface area contributed by atoms with Crippen molar-refractivity contribution in [1.29, 1.82) is 0 Å². The Hall–Kier alpha value is -1.39. The molecule has 0 bridgehead atoms. The molecule has 1 aromatic rings. The van der Waals surface area contributed by atoms with Crippen LogP contribution in [0.5, 0.6) is 0 Å². The number of carbonyl (C=O) groups is 1. The van der Waals surface area contributed by atoms with Crippen LogP contribution >= 0.6 is 0 Å². The molecule has 1 fully saturated rings. The molecule has 0 aromatic carbocycles. The molecule has 1 heterocycles. The van der Waals surface area contributed by atoms with Gasteiger partial charge in [-0.1, -0.05) is 13.8 Å². The first-order chi connectivity index (χ1) is 7.99. The summed E-state index contributed by atoms with van der Waals surface area (Å²) in [4.78, 5) is 10.3. The van der Waals surface area contributed by atoms with Gasteiger partial charge < -0.3 is 9.52 Å². The molecule has 0 aliphatic heterocycles. The minimum absolute atomic E-state index is 0.205. The number of rotatable bonds is 6. The maximum atomic E-state index is 10.3. The van der Waals surface area contributed by atoms with Crippen molar-refractivity contribution in [3.8, 4) is 0 Å². The van der Waals surface area contributed by atoms with Gasteiger partial charge in [0.25, 0.3) is 0 Å². The van der Waals surface area contributed by atoms with Crippen molar-refractivity contribution in [2.24, 2.45) is 5.41 Å². The highest BCUT2D eigenvalue weighted by molar-refractivity contribution is 5.66. The first-order valence-corrected chi connectivity index (χ1v) is 6.03. The number of unbranched alkanes of at least 4 members (excludes halogenated alkanes) is 1. The zero-order valence-corrected chi connectivity index (χ0v) is 10.3. The highest BCUT2D eigenvalue weighted by Gasteiger charge is 2.50. The lowest BCUT2D eigenvalue weighted by Crippen LogP contribution is -1.95. The topological polar surface area (TPSA) is 76.2 Å². The van der Waals surface area contributed by atoms with E-state index in [2.05, 4.69) is 24.0 Å². The molecule has 0 saturated heterocycles. The third-order valence-corrected chi connectivity index (χ3v) is 3.33. The van der Waals surface area contributed by atoms with Crippen molar-refractivity contribution in [3.05, 3.63) is 11.8 Å². The summed E-state index contributed by atoms with van der Waals surface area (Å²) in [5.41, 5.74) is 0.299. The lowest BCUT2D eigenvalue weighted by atomic mass is 10.1. The number of nitrogens with zero attached hydrogens (tertiary/aromatic N) is 2. The minimum Gasteiger partial charge on any atom is -0.481 e. The van der Waals surface area contributed by atoms with E-state index in [0.717, 1.165) is 18.7 Å². The van der Waals surface area contributed by atoms with Crippen LogP contribution in [0.4, 0.5) is 0 Å². The molecule has 1 N–H and O–H groups in total. The highest BCUT2D eigenvalue weighted by Crippen LogP contribution is 2.58. The van der Waals surface area contributed by atoms with Crippen molar-refractivity contribution < 1.29 is 14.3 Å². The molecule has 1 aliphatic carbocycles. The molecule has 1 aliphatic rings. The normalized spacial score (nSPS) is 21.4. The monoisotopic (exact) mass is 238 g/mol. The van der Waals surface area contributed by atoms with Crippen molar-refractivity contribution in [3.63, 3.8) is 0 Å². The van der Waals surface area contributed by atoms with E-state index in [-0.39, 0.29) is 6.42 Å². The van der Waals surface area contributed by atoms with Crippen molar-refractivity contribution in [2.45, 2.75) is 51.9 Å². The van der Waals surface area contributed by atoms with Gasteiger partial charge in [-0.15, -0.1) is 10.2 Å². The number of aromatic nitrogens is 2. The SMILES string of the molecule is CC1(C)CC1c1nnc(CCCCC(=O)O)o1. The summed E-state index contributed by atoms with van der Waals surface area (Å²) < 4.78 is 5.58. The number of aliphatic carboxylic acids is 1. The van der Waals surface area contributed by atoms with Gasteiger partial charge in [0.15, 0.2) is 0 Å². The third-order valence-electron chi connectivity index (χ3n) is 3.33. The van der Waals surface area contributed by atoms with Crippen LogP contribution in [0.2, 0.25) is 0 Å². The summed E-state index contributed by atoms with van der Waals surface area (Å²) in [5.74, 6) is 1.02. The molecule has 0 spiro atoms. The second kappa shape index (κ2) is 4.47. The van der Waals surface area contributed by atoms with Gasteiger partial charge in [0.1, 0.15) is 0 Å². The van der Waals surface area contributed by atoms with Crippen LogP contribution in [0.15, 0.2) is 4.42 Å². The average molecular weight is 238 g/mol. The number of carboxylic acid groups (broad SMARTS) is 1. The van der Waals surface area contributed by atoms with Gasteiger partial charge in [-0.05, 0) is 24.7 Å². The molecule has 17 heavy (non-hydrogen) atoms. The second-order valence-electron chi connectivity index (χ2n) is 5.38. The first-order valence-electron chi connectivity index (χ1n) is 6.03. The smallest absolute Gasteiger partial charge is 0.303 e. The van der Waals surface area contributed by atoms with Crippen LogP contribution in [0, 0.1) is 5.41 Å². The lowest BCUT2D eigenvalue weighted by molar-refractivity contribution is -0.137. The predicted octanol–water partition coefficient (Wildman–Crippen LogP) is 2.38. The van der Waals surface area contributed by atoms with Crippen LogP contribution in [-0.4, -0.2) is 21.3 Å². The fourth-order valence-corrected chi connectivity index (χ4v) is 1.95. The summed E-state index contributed by atoms with van der Waals surface area (Å²) in [7, 11) is 0. The second-order valence-corrected chi connectivity index (χ2v) is 5.38. The average Bonchev–Trinajstić information content (AvgIpc) is 2.71. The molecule has 0 radical (unpaired) electrons. The maximum absolute atomic E-state index is 10.3. The van der Waals surface area contributed by atoms with E-state index in [4.69, 9.17) is 9.52 Å². The molecular formula is C12H18N2O3. The number of carboxylic acids is 1. The highest BCUT2D eigenvalue weighted by atomic mass is 16.4. The Morgan fingerprint density at radius 1 is 1.47 bits per heavy atom. The van der Waals surface area contributed by atoms with Gasteiger partial charge in [0, 0.05) is 18.8 Å². The Morgan fingerprint density at radius 3 is 2.76 bits per heavy atom. The fourth-order valence-electron chi connectivity index (χ4n) is 1.95. The van der Waals surface area contributed by atoms with Crippen LogP contribution in [0.1, 0.15) is 57.2 Å². The first kappa shape index (κ1) is 12.1. The zero-order chi connectivity index (χ0) is 12.5. The Kier molecular flexibility index (Phi) is 3.17. The zero-order valence-electron chi connectivity index (χ0n) is 10.3. The quantitative estimate of drug-likeness (QED) is 0.770. The van der Waals surface area contributed by atoms with Gasteiger partial charge in [0.2, 0.25) is 11.8 Å². The van der Waals surface area contributed by atoms with Crippen molar-refractivity contribution in [1.82, 2.24) is 10.2 Å². The maximum Gasteiger partial charge on any atom is 0.303 e. The molecule has 5 nitrogen and oxygen atoms in total. The van der Waals surface area contributed by atoms with Crippen LogP contribution in [0.3, 0.4) is 0 Å². The summed E-state index contributed by atoms with van der Waals surface area (Å²) in [6, 6.07) is 0. The molecule has 1 unspecified atom stereocenters. The van der Waals surface area contributed by atoms with Crippen LogP contribution in [-0.2, 0) is 11.2 Å². The van der Waals surface area contributed by atoms with Crippen molar-refractivity contribution in [2.75, 3.05) is 0 Å². The number of aryl methyl sites for hydroxylation is 1. The summed E-state index contributed by atoms with van der Waals surface area (Å²) in [6.45, 7) is 4.38.